The molecular weight excluding hydrogens is 308 g/mol. The Bertz CT molecular complexity index is 718. The minimum absolute atomic E-state index is 0.459. The first-order valence-corrected chi connectivity index (χ1v) is 7.42. The van der Waals surface area contributed by atoms with Crippen LogP contribution < -0.4 is 4.74 Å². The van der Waals surface area contributed by atoms with Crippen molar-refractivity contribution < 1.29 is 4.74 Å². The van der Waals surface area contributed by atoms with Gasteiger partial charge < -0.3 is 9.72 Å². The zero-order chi connectivity index (χ0) is 14.8. The average molecular weight is 323 g/mol. The summed E-state index contributed by atoms with van der Waals surface area (Å²) in [5, 5.41) is 0.540. The second kappa shape index (κ2) is 6.09. The summed E-state index contributed by atoms with van der Waals surface area (Å²) in [7, 11) is 1.56. The van der Waals surface area contributed by atoms with E-state index in [0.717, 1.165) is 31.6 Å². The Morgan fingerprint density at radius 2 is 2.29 bits per heavy atom. The summed E-state index contributed by atoms with van der Waals surface area (Å²) in [6.45, 7) is 2.61. The fourth-order valence-electron chi connectivity index (χ4n) is 2.50. The molecule has 21 heavy (non-hydrogen) atoms. The summed E-state index contributed by atoms with van der Waals surface area (Å²) >= 11 is 11.2. The van der Waals surface area contributed by atoms with Gasteiger partial charge in [0.25, 0.3) is 0 Å². The number of methoxy groups -OCH3 is 1. The molecule has 0 radical (unpaired) electrons. The van der Waals surface area contributed by atoms with Crippen molar-refractivity contribution in [1.82, 2.24) is 19.9 Å². The van der Waals surface area contributed by atoms with Crippen LogP contribution in [0.5, 0.6) is 5.88 Å². The topological polar surface area (TPSA) is 54.0 Å². The third-order valence-electron chi connectivity index (χ3n) is 3.52. The van der Waals surface area contributed by atoms with E-state index in [1.54, 1.807) is 13.3 Å². The number of rotatable bonds is 3. The molecule has 0 atom stereocenters. The van der Waals surface area contributed by atoms with Crippen LogP contribution in [0.1, 0.15) is 16.8 Å². The Labute approximate surface area is 133 Å². The Morgan fingerprint density at radius 1 is 1.43 bits per heavy atom. The smallest absolute Gasteiger partial charge is 0.232 e. The van der Waals surface area contributed by atoms with Gasteiger partial charge in [-0.3, -0.25) is 4.90 Å². The number of aromatic amines is 1. The van der Waals surface area contributed by atoms with E-state index in [0.29, 0.717) is 15.7 Å². The van der Waals surface area contributed by atoms with Gasteiger partial charge in [0, 0.05) is 49.7 Å². The van der Waals surface area contributed by atoms with Crippen molar-refractivity contribution in [2.24, 2.45) is 0 Å². The highest BCUT2D eigenvalue weighted by molar-refractivity contribution is 7.71. The fraction of sp³-hybridized carbons (Fsp3) is 0.357. The molecule has 2 aromatic rings. The highest BCUT2D eigenvalue weighted by atomic mass is 35.5. The van der Waals surface area contributed by atoms with E-state index in [1.807, 2.05) is 12.3 Å². The van der Waals surface area contributed by atoms with E-state index in [4.69, 9.17) is 28.6 Å². The number of nitrogens with zero attached hydrogens (tertiary/aromatic N) is 3. The number of pyridine rings is 1. The second-order valence-corrected chi connectivity index (χ2v) is 5.78. The summed E-state index contributed by atoms with van der Waals surface area (Å²) in [4.78, 5) is 13.9. The Hall–Kier alpha value is -1.50. The molecule has 110 valence electrons. The average Bonchev–Trinajstić information content (AvgIpc) is 2.48. The molecule has 0 amide bonds. The Kier molecular flexibility index (Phi) is 4.19. The molecule has 0 aromatic carbocycles. The Balaban J connectivity index is 1.73. The molecule has 1 aliphatic rings. The van der Waals surface area contributed by atoms with Gasteiger partial charge in [-0.05, 0) is 23.8 Å². The molecule has 0 fully saturated rings. The van der Waals surface area contributed by atoms with E-state index < -0.39 is 0 Å². The summed E-state index contributed by atoms with van der Waals surface area (Å²) in [5.41, 5.74) is 3.46. The first kappa shape index (κ1) is 14.4. The molecule has 0 saturated carbocycles. The zero-order valence-electron chi connectivity index (χ0n) is 11.6. The van der Waals surface area contributed by atoms with Gasteiger partial charge in [0.2, 0.25) is 5.88 Å². The molecule has 0 spiro atoms. The lowest BCUT2D eigenvalue weighted by atomic mass is 10.1. The number of H-pyrrole nitrogens is 1. The van der Waals surface area contributed by atoms with Crippen molar-refractivity contribution in [2.45, 2.75) is 19.5 Å². The van der Waals surface area contributed by atoms with Gasteiger partial charge >= 0.3 is 0 Å². The SMILES string of the molecule is COc1ncc(CN2CCc3[nH]c(=S)ncc3C2)cc1Cl. The molecule has 0 aliphatic carbocycles. The molecule has 5 nitrogen and oxygen atoms in total. The number of halogens is 1. The van der Waals surface area contributed by atoms with Gasteiger partial charge in [0.15, 0.2) is 4.77 Å². The van der Waals surface area contributed by atoms with Crippen LogP contribution in [0.4, 0.5) is 0 Å². The molecule has 0 unspecified atom stereocenters. The van der Waals surface area contributed by atoms with Gasteiger partial charge in [-0.2, -0.15) is 0 Å². The Morgan fingerprint density at radius 3 is 3.05 bits per heavy atom. The van der Waals surface area contributed by atoms with Crippen molar-refractivity contribution in [3.05, 3.63) is 45.1 Å². The number of aromatic nitrogens is 3. The highest BCUT2D eigenvalue weighted by Crippen LogP contribution is 2.24. The fourth-order valence-corrected chi connectivity index (χ4v) is 2.94. The standard InChI is InChI=1S/C14H15ClN4OS/c1-20-13-11(15)4-9(5-16-13)7-19-3-2-12-10(8-19)6-17-14(21)18-12/h4-6H,2-3,7-8H2,1H3,(H,17,18,21). The maximum Gasteiger partial charge on any atom is 0.232 e. The molecule has 7 heteroatoms. The van der Waals surface area contributed by atoms with Crippen LogP contribution in [-0.4, -0.2) is 33.5 Å². The molecule has 1 N–H and O–H groups in total. The summed E-state index contributed by atoms with van der Waals surface area (Å²) < 4.78 is 5.62. The summed E-state index contributed by atoms with van der Waals surface area (Å²) in [5.74, 6) is 0.459. The quantitative estimate of drug-likeness (QED) is 0.881. The van der Waals surface area contributed by atoms with Gasteiger partial charge in [0.05, 0.1) is 7.11 Å². The molecular formula is C14H15ClN4OS. The van der Waals surface area contributed by atoms with Crippen LogP contribution >= 0.6 is 23.8 Å². The van der Waals surface area contributed by atoms with Crippen LogP contribution in [0.2, 0.25) is 5.02 Å². The molecule has 2 aromatic heterocycles. The van der Waals surface area contributed by atoms with E-state index in [2.05, 4.69) is 19.9 Å². The second-order valence-electron chi connectivity index (χ2n) is 4.99. The van der Waals surface area contributed by atoms with Gasteiger partial charge in [-0.1, -0.05) is 11.6 Å². The lowest BCUT2D eigenvalue weighted by molar-refractivity contribution is 0.242. The van der Waals surface area contributed by atoms with Crippen molar-refractivity contribution >= 4 is 23.8 Å². The first-order chi connectivity index (χ1) is 10.2. The maximum absolute atomic E-state index is 6.11. The summed E-state index contributed by atoms with van der Waals surface area (Å²) in [6, 6.07) is 1.90. The van der Waals surface area contributed by atoms with Crippen molar-refractivity contribution in [3.63, 3.8) is 0 Å². The first-order valence-electron chi connectivity index (χ1n) is 6.63. The number of hydrogen-bond donors (Lipinski definition) is 1. The van der Waals surface area contributed by atoms with Crippen molar-refractivity contribution in [3.8, 4) is 5.88 Å². The molecule has 3 heterocycles. The summed E-state index contributed by atoms with van der Waals surface area (Å²) in [6.07, 6.45) is 4.61. The molecule has 0 saturated heterocycles. The third-order valence-corrected chi connectivity index (χ3v) is 4.00. The van der Waals surface area contributed by atoms with E-state index in [9.17, 15) is 0 Å². The van der Waals surface area contributed by atoms with Gasteiger partial charge in [-0.25, -0.2) is 9.97 Å². The predicted octanol–water partition coefficient (Wildman–Crippen LogP) is 2.75. The zero-order valence-corrected chi connectivity index (χ0v) is 13.2. The third kappa shape index (κ3) is 3.23. The van der Waals surface area contributed by atoms with Crippen LogP contribution in [0.25, 0.3) is 0 Å². The highest BCUT2D eigenvalue weighted by Gasteiger charge is 2.17. The minimum atomic E-state index is 0.459. The predicted molar refractivity (Wildman–Crippen MR) is 83.0 cm³/mol. The molecule has 3 rings (SSSR count). The van der Waals surface area contributed by atoms with Crippen LogP contribution in [-0.2, 0) is 19.5 Å². The van der Waals surface area contributed by atoms with E-state index in [-0.39, 0.29) is 0 Å². The van der Waals surface area contributed by atoms with E-state index in [1.165, 1.54) is 11.3 Å². The van der Waals surface area contributed by atoms with Crippen LogP contribution in [0, 0.1) is 4.77 Å². The monoisotopic (exact) mass is 322 g/mol. The lowest BCUT2D eigenvalue weighted by Crippen LogP contribution is -2.30. The largest absolute Gasteiger partial charge is 0.480 e. The van der Waals surface area contributed by atoms with Crippen LogP contribution in [0.15, 0.2) is 18.5 Å². The van der Waals surface area contributed by atoms with Gasteiger partial charge in [0.1, 0.15) is 5.02 Å². The van der Waals surface area contributed by atoms with Crippen molar-refractivity contribution in [1.29, 1.82) is 0 Å². The minimum Gasteiger partial charge on any atom is -0.480 e. The van der Waals surface area contributed by atoms with Crippen molar-refractivity contribution in [2.75, 3.05) is 13.7 Å². The number of hydrogen-bond acceptors (Lipinski definition) is 5. The van der Waals surface area contributed by atoms with E-state index >= 15 is 0 Å². The number of fused-ring (bicyclic) bond motifs is 1. The molecule has 0 bridgehead atoms. The normalized spacial score (nSPS) is 14.8. The maximum atomic E-state index is 6.11. The van der Waals surface area contributed by atoms with Gasteiger partial charge in [-0.15, -0.1) is 0 Å². The lowest BCUT2D eigenvalue weighted by Gasteiger charge is -2.28. The van der Waals surface area contributed by atoms with Crippen LogP contribution in [0.3, 0.4) is 0 Å². The number of nitrogens with one attached hydrogen (secondary N) is 1. The number of ether oxygens (including phenoxy) is 1. The molecule has 1 aliphatic heterocycles.